The van der Waals surface area contributed by atoms with Crippen LogP contribution in [0.4, 0.5) is 4.79 Å². The number of halogens is 1. The fraction of sp³-hybridized carbons (Fsp3) is 0.500. The summed E-state index contributed by atoms with van der Waals surface area (Å²) in [6.07, 6.45) is 5.38. The molecule has 1 aliphatic heterocycles. The molecule has 0 aromatic heterocycles. The molecule has 0 atom stereocenters. The quantitative estimate of drug-likeness (QED) is 0.782. The summed E-state index contributed by atoms with van der Waals surface area (Å²) in [5, 5.41) is 0. The molecule has 4 nitrogen and oxygen atoms in total. The number of hydrogen-bond acceptors (Lipinski definition) is 2. The van der Waals surface area contributed by atoms with Gasteiger partial charge in [0.2, 0.25) is 0 Å². The zero-order valence-corrected chi connectivity index (χ0v) is 13.5. The number of rotatable bonds is 3. The van der Waals surface area contributed by atoms with E-state index in [1.807, 2.05) is 24.3 Å². The topological polar surface area (TPSA) is 40.6 Å². The summed E-state index contributed by atoms with van der Waals surface area (Å²) >= 11 is 3.40. The molecule has 112 valence electrons. The van der Waals surface area contributed by atoms with Crippen molar-refractivity contribution in [1.82, 2.24) is 9.80 Å². The molecule has 0 bridgehead atoms. The number of amides is 3. The first-order chi connectivity index (χ1) is 10.1. The van der Waals surface area contributed by atoms with Gasteiger partial charge >= 0.3 is 6.03 Å². The van der Waals surface area contributed by atoms with Crippen LogP contribution in [0.3, 0.4) is 0 Å². The third-order valence-electron chi connectivity index (χ3n) is 4.30. The summed E-state index contributed by atoms with van der Waals surface area (Å²) in [5.41, 5.74) is 1.05. The zero-order chi connectivity index (χ0) is 14.8. The summed E-state index contributed by atoms with van der Waals surface area (Å²) < 4.78 is 1.01. The molecule has 5 heteroatoms. The zero-order valence-electron chi connectivity index (χ0n) is 11.9. The number of imide groups is 1. The van der Waals surface area contributed by atoms with Crippen molar-refractivity contribution in [2.75, 3.05) is 6.54 Å². The van der Waals surface area contributed by atoms with E-state index in [0.717, 1.165) is 35.7 Å². The van der Waals surface area contributed by atoms with E-state index >= 15 is 0 Å². The van der Waals surface area contributed by atoms with Crippen LogP contribution in [0.15, 0.2) is 28.7 Å². The van der Waals surface area contributed by atoms with E-state index in [0.29, 0.717) is 6.54 Å². The fourth-order valence-corrected chi connectivity index (χ4v) is 3.46. The molecular weight excluding hydrogens is 332 g/mol. The third-order valence-corrected chi connectivity index (χ3v) is 4.83. The predicted octanol–water partition coefficient (Wildman–Crippen LogP) is 3.55. The monoisotopic (exact) mass is 350 g/mol. The van der Waals surface area contributed by atoms with Gasteiger partial charge < -0.3 is 4.90 Å². The highest BCUT2D eigenvalue weighted by Gasteiger charge is 2.40. The Morgan fingerprint density at radius 3 is 2.38 bits per heavy atom. The summed E-state index contributed by atoms with van der Waals surface area (Å²) in [7, 11) is 0. The normalized spacial score (nSPS) is 20.4. The highest BCUT2D eigenvalue weighted by molar-refractivity contribution is 9.10. The highest BCUT2D eigenvalue weighted by atomic mass is 79.9. The number of carbonyl (C=O) groups is 2. The van der Waals surface area contributed by atoms with Crippen LogP contribution in [0, 0.1) is 0 Å². The molecule has 1 aliphatic carbocycles. The van der Waals surface area contributed by atoms with Crippen LogP contribution in [-0.4, -0.2) is 34.3 Å². The Labute approximate surface area is 133 Å². The summed E-state index contributed by atoms with van der Waals surface area (Å²) in [6, 6.07) is 7.87. The Hall–Kier alpha value is -1.36. The Balaban J connectivity index is 1.69. The fourth-order valence-electron chi connectivity index (χ4n) is 3.20. The average molecular weight is 351 g/mol. The maximum atomic E-state index is 12.5. The van der Waals surface area contributed by atoms with Crippen LogP contribution in [0.1, 0.15) is 37.7 Å². The van der Waals surface area contributed by atoms with Gasteiger partial charge in [0, 0.05) is 17.1 Å². The van der Waals surface area contributed by atoms with Gasteiger partial charge in [0.1, 0.15) is 6.54 Å². The molecule has 21 heavy (non-hydrogen) atoms. The largest absolute Gasteiger partial charge is 0.327 e. The number of nitrogens with zero attached hydrogens (tertiary/aromatic N) is 2. The standard InChI is InChI=1S/C16H19BrN2O2/c17-13-8-6-12(7-9-13)10-18-11-15(20)19(16(18)21)14-4-2-1-3-5-14/h6-9,14H,1-5,10-11H2. The molecule has 2 fully saturated rings. The molecular formula is C16H19BrN2O2. The van der Waals surface area contributed by atoms with E-state index in [1.165, 1.54) is 11.3 Å². The maximum absolute atomic E-state index is 12.5. The summed E-state index contributed by atoms with van der Waals surface area (Å²) in [5.74, 6) is -0.0380. The molecule has 1 saturated carbocycles. The van der Waals surface area contributed by atoms with E-state index in [2.05, 4.69) is 15.9 Å². The van der Waals surface area contributed by atoms with Crippen molar-refractivity contribution in [3.63, 3.8) is 0 Å². The summed E-state index contributed by atoms with van der Waals surface area (Å²) in [6.45, 7) is 0.715. The SMILES string of the molecule is O=C1CN(Cc2ccc(Br)cc2)C(=O)N1C1CCCCC1. The smallest absolute Gasteiger partial charge is 0.311 e. The Kier molecular flexibility index (Phi) is 4.29. The van der Waals surface area contributed by atoms with Crippen LogP contribution < -0.4 is 0 Å². The van der Waals surface area contributed by atoms with Gasteiger partial charge in [-0.05, 0) is 30.5 Å². The number of carbonyl (C=O) groups excluding carboxylic acids is 2. The van der Waals surface area contributed by atoms with E-state index in [9.17, 15) is 9.59 Å². The molecule has 1 aromatic rings. The molecule has 0 radical (unpaired) electrons. The minimum absolute atomic E-state index is 0.0380. The van der Waals surface area contributed by atoms with Crippen molar-refractivity contribution in [2.45, 2.75) is 44.7 Å². The van der Waals surface area contributed by atoms with Crippen molar-refractivity contribution >= 4 is 27.9 Å². The number of hydrogen-bond donors (Lipinski definition) is 0. The van der Waals surface area contributed by atoms with Gasteiger partial charge in [0.15, 0.2) is 0 Å². The van der Waals surface area contributed by atoms with Gasteiger partial charge in [0.25, 0.3) is 5.91 Å². The van der Waals surface area contributed by atoms with Gasteiger partial charge in [-0.1, -0.05) is 47.3 Å². The Morgan fingerprint density at radius 1 is 1.05 bits per heavy atom. The predicted molar refractivity (Wildman–Crippen MR) is 83.7 cm³/mol. The second kappa shape index (κ2) is 6.18. The second-order valence-corrected chi connectivity index (χ2v) is 6.74. The lowest BCUT2D eigenvalue weighted by molar-refractivity contribution is -0.127. The molecule has 0 N–H and O–H groups in total. The molecule has 1 saturated heterocycles. The molecule has 2 aliphatic rings. The van der Waals surface area contributed by atoms with Crippen LogP contribution in [0.25, 0.3) is 0 Å². The first-order valence-corrected chi connectivity index (χ1v) is 8.30. The molecule has 0 unspecified atom stereocenters. The van der Waals surface area contributed by atoms with Gasteiger partial charge in [-0.2, -0.15) is 0 Å². The van der Waals surface area contributed by atoms with Crippen LogP contribution in [-0.2, 0) is 11.3 Å². The number of urea groups is 1. The molecule has 3 rings (SSSR count). The molecule has 0 spiro atoms. The van der Waals surface area contributed by atoms with Crippen LogP contribution in [0.2, 0.25) is 0 Å². The van der Waals surface area contributed by atoms with E-state index in [1.54, 1.807) is 4.90 Å². The first-order valence-electron chi connectivity index (χ1n) is 7.50. The maximum Gasteiger partial charge on any atom is 0.327 e. The Morgan fingerprint density at radius 2 is 1.71 bits per heavy atom. The lowest BCUT2D eigenvalue weighted by atomic mass is 9.94. The van der Waals surface area contributed by atoms with Gasteiger partial charge in [-0.15, -0.1) is 0 Å². The lowest BCUT2D eigenvalue weighted by Gasteiger charge is -2.29. The lowest BCUT2D eigenvalue weighted by Crippen LogP contribution is -2.42. The minimum Gasteiger partial charge on any atom is -0.311 e. The van der Waals surface area contributed by atoms with Gasteiger partial charge in [0.05, 0.1) is 0 Å². The van der Waals surface area contributed by atoms with Crippen molar-refractivity contribution in [3.8, 4) is 0 Å². The molecule has 3 amide bonds. The average Bonchev–Trinajstić information content (AvgIpc) is 2.77. The van der Waals surface area contributed by atoms with Crippen molar-refractivity contribution < 1.29 is 9.59 Å². The van der Waals surface area contributed by atoms with E-state index in [4.69, 9.17) is 0 Å². The van der Waals surface area contributed by atoms with Crippen LogP contribution in [0.5, 0.6) is 0 Å². The van der Waals surface area contributed by atoms with Crippen LogP contribution >= 0.6 is 15.9 Å². The van der Waals surface area contributed by atoms with E-state index < -0.39 is 0 Å². The van der Waals surface area contributed by atoms with Crippen molar-refractivity contribution in [2.24, 2.45) is 0 Å². The van der Waals surface area contributed by atoms with Crippen molar-refractivity contribution in [3.05, 3.63) is 34.3 Å². The minimum atomic E-state index is -0.116. The van der Waals surface area contributed by atoms with Crippen molar-refractivity contribution in [1.29, 1.82) is 0 Å². The van der Waals surface area contributed by atoms with Gasteiger partial charge in [-0.3, -0.25) is 9.69 Å². The summed E-state index contributed by atoms with van der Waals surface area (Å²) in [4.78, 5) is 27.9. The van der Waals surface area contributed by atoms with Gasteiger partial charge in [-0.25, -0.2) is 4.79 Å². The third kappa shape index (κ3) is 3.12. The Bertz CT molecular complexity index is 538. The molecule has 1 heterocycles. The highest BCUT2D eigenvalue weighted by Crippen LogP contribution is 2.27. The first kappa shape index (κ1) is 14.6. The van der Waals surface area contributed by atoms with E-state index in [-0.39, 0.29) is 24.5 Å². The number of benzene rings is 1. The molecule has 1 aromatic carbocycles. The second-order valence-electron chi connectivity index (χ2n) is 5.82.